The van der Waals surface area contributed by atoms with Gasteiger partial charge >= 0.3 is 0 Å². The second-order valence-electron chi connectivity index (χ2n) is 2.54. The van der Waals surface area contributed by atoms with Crippen LogP contribution in [0.25, 0.3) is 0 Å². The first-order valence-electron chi connectivity index (χ1n) is 3.79. The summed E-state index contributed by atoms with van der Waals surface area (Å²) in [4.78, 5) is 0. The van der Waals surface area contributed by atoms with Gasteiger partial charge in [0.05, 0.1) is 12.2 Å². The van der Waals surface area contributed by atoms with Crippen LogP contribution in [0.5, 0.6) is 0 Å². The van der Waals surface area contributed by atoms with Crippen LogP contribution >= 0.6 is 0 Å². The summed E-state index contributed by atoms with van der Waals surface area (Å²) in [7, 11) is 0. The van der Waals surface area contributed by atoms with Gasteiger partial charge in [-0.25, -0.2) is 0 Å². The molecule has 0 aliphatic carbocycles. The van der Waals surface area contributed by atoms with E-state index in [2.05, 4.69) is 11.8 Å². The third-order valence-electron chi connectivity index (χ3n) is 1.65. The van der Waals surface area contributed by atoms with Gasteiger partial charge in [-0.15, -0.1) is 0 Å². The van der Waals surface area contributed by atoms with Gasteiger partial charge < -0.3 is 11.5 Å². The van der Waals surface area contributed by atoms with Crippen LogP contribution in [0.2, 0.25) is 0 Å². The second kappa shape index (κ2) is 3.80. The Kier molecular flexibility index (Phi) is 2.73. The third kappa shape index (κ3) is 1.77. The predicted octanol–water partition coefficient (Wildman–Crippen LogP) is 0.887. The Morgan fingerprint density at radius 1 is 1.42 bits per heavy atom. The van der Waals surface area contributed by atoms with Gasteiger partial charge in [-0.1, -0.05) is 24.0 Å². The number of rotatable bonds is 0. The molecule has 0 bridgehead atoms. The molecule has 1 aromatic carbocycles. The van der Waals surface area contributed by atoms with Gasteiger partial charge in [0.2, 0.25) is 0 Å². The highest BCUT2D eigenvalue weighted by Crippen LogP contribution is 2.14. The molecule has 12 heavy (non-hydrogen) atoms. The summed E-state index contributed by atoms with van der Waals surface area (Å²) < 4.78 is 0. The molecule has 0 heterocycles. The average molecular weight is 160 g/mol. The highest BCUT2D eigenvalue weighted by molar-refractivity contribution is 5.60. The zero-order chi connectivity index (χ0) is 8.97. The lowest BCUT2D eigenvalue weighted by Crippen LogP contribution is -1.96. The third-order valence-corrected chi connectivity index (χ3v) is 1.65. The van der Waals surface area contributed by atoms with Crippen molar-refractivity contribution in [3.8, 4) is 11.8 Å². The molecule has 0 radical (unpaired) electrons. The molecule has 4 N–H and O–H groups in total. The summed E-state index contributed by atoms with van der Waals surface area (Å²) in [5.74, 6) is 5.68. The normalized spacial score (nSPS) is 8.83. The topological polar surface area (TPSA) is 52.0 Å². The number of anilines is 1. The molecule has 2 heteroatoms. The van der Waals surface area contributed by atoms with E-state index in [1.165, 1.54) is 0 Å². The fraction of sp³-hybridized carbons (Fsp3) is 0.200. The summed E-state index contributed by atoms with van der Waals surface area (Å²) in [6.45, 7) is 2.33. The van der Waals surface area contributed by atoms with Crippen LogP contribution in [-0.2, 0) is 0 Å². The number of para-hydroxylation sites is 1. The lowest BCUT2D eigenvalue weighted by atomic mass is 10.1. The molecule has 1 rings (SSSR count). The summed E-state index contributed by atoms with van der Waals surface area (Å²) in [6, 6.07) is 5.79. The molecule has 1 aromatic rings. The van der Waals surface area contributed by atoms with Crippen molar-refractivity contribution in [3.63, 3.8) is 0 Å². The first-order valence-corrected chi connectivity index (χ1v) is 3.79. The van der Waals surface area contributed by atoms with Crippen LogP contribution in [0.1, 0.15) is 11.1 Å². The summed E-state index contributed by atoms with van der Waals surface area (Å²) in [5.41, 5.74) is 13.7. The highest BCUT2D eigenvalue weighted by atomic mass is 14.6. The van der Waals surface area contributed by atoms with Gasteiger partial charge in [-0.05, 0) is 18.6 Å². The molecular formula is C10H12N2. The van der Waals surface area contributed by atoms with Crippen molar-refractivity contribution >= 4 is 5.69 Å². The zero-order valence-corrected chi connectivity index (χ0v) is 7.09. The molecule has 0 aliphatic rings. The minimum Gasteiger partial charge on any atom is -0.398 e. The smallest absolute Gasteiger partial charge is 0.0555 e. The number of benzene rings is 1. The van der Waals surface area contributed by atoms with E-state index in [1.807, 2.05) is 25.1 Å². The predicted molar refractivity (Wildman–Crippen MR) is 51.5 cm³/mol. The van der Waals surface area contributed by atoms with E-state index in [4.69, 9.17) is 11.5 Å². The number of hydrogen-bond donors (Lipinski definition) is 2. The Morgan fingerprint density at radius 2 is 2.17 bits per heavy atom. The van der Waals surface area contributed by atoms with Crippen molar-refractivity contribution in [2.24, 2.45) is 5.73 Å². The molecule has 2 nitrogen and oxygen atoms in total. The minimum atomic E-state index is 0.368. The summed E-state index contributed by atoms with van der Waals surface area (Å²) >= 11 is 0. The van der Waals surface area contributed by atoms with Crippen LogP contribution in [0, 0.1) is 18.8 Å². The molecule has 0 saturated heterocycles. The van der Waals surface area contributed by atoms with Gasteiger partial charge in [0.25, 0.3) is 0 Å². The van der Waals surface area contributed by atoms with Gasteiger partial charge in [0.1, 0.15) is 0 Å². The quantitative estimate of drug-likeness (QED) is 0.437. The van der Waals surface area contributed by atoms with Gasteiger partial charge in [0, 0.05) is 5.56 Å². The van der Waals surface area contributed by atoms with Crippen molar-refractivity contribution in [2.45, 2.75) is 6.92 Å². The fourth-order valence-electron chi connectivity index (χ4n) is 0.936. The molecule has 0 saturated carbocycles. The molecule has 0 atom stereocenters. The van der Waals surface area contributed by atoms with Crippen molar-refractivity contribution < 1.29 is 0 Å². The lowest BCUT2D eigenvalue weighted by Gasteiger charge is -2.00. The Bertz CT molecular complexity index is 331. The van der Waals surface area contributed by atoms with Gasteiger partial charge in [-0.3, -0.25) is 0 Å². The van der Waals surface area contributed by atoms with Gasteiger partial charge in [-0.2, -0.15) is 0 Å². The van der Waals surface area contributed by atoms with Crippen LogP contribution in [0.3, 0.4) is 0 Å². The van der Waals surface area contributed by atoms with Crippen LogP contribution in [-0.4, -0.2) is 6.54 Å². The van der Waals surface area contributed by atoms with E-state index in [0.717, 1.165) is 16.8 Å². The maximum Gasteiger partial charge on any atom is 0.0555 e. The Hall–Kier alpha value is -1.46. The van der Waals surface area contributed by atoms with Crippen LogP contribution < -0.4 is 11.5 Å². The van der Waals surface area contributed by atoms with Crippen LogP contribution in [0.4, 0.5) is 5.69 Å². The van der Waals surface area contributed by atoms with E-state index >= 15 is 0 Å². The van der Waals surface area contributed by atoms with Crippen molar-refractivity contribution in [2.75, 3.05) is 12.3 Å². The molecule has 0 unspecified atom stereocenters. The lowest BCUT2D eigenvalue weighted by molar-refractivity contribution is 1.30. The zero-order valence-electron chi connectivity index (χ0n) is 7.09. The number of nitrogens with two attached hydrogens (primary N) is 2. The van der Waals surface area contributed by atoms with Crippen molar-refractivity contribution in [3.05, 3.63) is 29.3 Å². The number of hydrogen-bond acceptors (Lipinski definition) is 2. The Morgan fingerprint density at radius 3 is 2.83 bits per heavy atom. The standard InChI is InChI=1S/C10H12N2/c1-8-4-2-5-9(10(8)12)6-3-7-11/h2,4-5H,7,11-12H2,1H3. The molecular weight excluding hydrogens is 148 g/mol. The summed E-state index contributed by atoms with van der Waals surface area (Å²) in [6.07, 6.45) is 0. The molecule has 62 valence electrons. The number of nitrogen functional groups attached to an aromatic ring is 1. The Balaban J connectivity index is 3.08. The average Bonchev–Trinajstić information content (AvgIpc) is 2.08. The van der Waals surface area contributed by atoms with E-state index < -0.39 is 0 Å². The molecule has 0 fully saturated rings. The minimum absolute atomic E-state index is 0.368. The van der Waals surface area contributed by atoms with Gasteiger partial charge in [0.15, 0.2) is 0 Å². The maximum absolute atomic E-state index is 5.78. The molecule has 0 aromatic heterocycles. The van der Waals surface area contributed by atoms with Crippen molar-refractivity contribution in [1.29, 1.82) is 0 Å². The van der Waals surface area contributed by atoms with E-state index in [1.54, 1.807) is 0 Å². The molecule has 0 spiro atoms. The maximum atomic E-state index is 5.78. The van der Waals surface area contributed by atoms with E-state index in [0.29, 0.717) is 6.54 Å². The Labute approximate surface area is 72.6 Å². The van der Waals surface area contributed by atoms with E-state index in [9.17, 15) is 0 Å². The molecule has 0 amide bonds. The summed E-state index contributed by atoms with van der Waals surface area (Å²) in [5, 5.41) is 0. The van der Waals surface area contributed by atoms with E-state index in [-0.39, 0.29) is 0 Å². The fourth-order valence-corrected chi connectivity index (χ4v) is 0.936. The highest BCUT2D eigenvalue weighted by Gasteiger charge is 1.96. The monoisotopic (exact) mass is 160 g/mol. The van der Waals surface area contributed by atoms with Crippen LogP contribution in [0.15, 0.2) is 18.2 Å². The largest absolute Gasteiger partial charge is 0.398 e. The van der Waals surface area contributed by atoms with Crippen molar-refractivity contribution in [1.82, 2.24) is 0 Å². The first-order chi connectivity index (χ1) is 5.75. The SMILES string of the molecule is Cc1cccc(C#CCN)c1N. The second-order valence-corrected chi connectivity index (χ2v) is 2.54. The number of aryl methyl sites for hydroxylation is 1. The first kappa shape index (κ1) is 8.63. The molecule has 0 aliphatic heterocycles.